The molecule has 0 bridgehead atoms. The van der Waals surface area contributed by atoms with Gasteiger partial charge >= 0.3 is 5.97 Å². The number of ether oxygens (including phenoxy) is 1. The van der Waals surface area contributed by atoms with Crippen molar-refractivity contribution < 1.29 is 23.1 Å². The smallest absolute Gasteiger partial charge is 0.355 e. The molecule has 0 aromatic heterocycles. The Labute approximate surface area is 175 Å². The SMILES string of the molecule is O=C(O)C(Oc1ccccc1)SCCNS(=O)(=O)c1cc(Cl)c(Cl)cc1Cl. The summed E-state index contributed by atoms with van der Waals surface area (Å²) in [5.74, 6) is -0.609. The molecule has 0 amide bonds. The summed E-state index contributed by atoms with van der Waals surface area (Å²) in [4.78, 5) is 11.1. The molecule has 11 heteroatoms. The van der Waals surface area contributed by atoms with E-state index in [2.05, 4.69) is 4.72 Å². The second-order valence-corrected chi connectivity index (χ2v) is 9.19. The Bertz CT molecular complexity index is 910. The van der Waals surface area contributed by atoms with Gasteiger partial charge in [-0.1, -0.05) is 53.0 Å². The molecule has 0 radical (unpaired) electrons. The molecule has 1 atom stereocenters. The number of para-hydroxylation sites is 1. The van der Waals surface area contributed by atoms with Crippen molar-refractivity contribution in [2.75, 3.05) is 12.3 Å². The lowest BCUT2D eigenvalue weighted by Crippen LogP contribution is -2.29. The second-order valence-electron chi connectivity index (χ2n) is 5.07. The van der Waals surface area contributed by atoms with E-state index in [9.17, 15) is 18.3 Å². The molecule has 0 saturated heterocycles. The van der Waals surface area contributed by atoms with Crippen LogP contribution >= 0.6 is 46.6 Å². The van der Waals surface area contributed by atoms with Gasteiger partial charge in [-0.05, 0) is 24.3 Å². The third-order valence-electron chi connectivity index (χ3n) is 3.12. The lowest BCUT2D eigenvalue weighted by Gasteiger charge is -2.15. The third-order valence-corrected chi connectivity index (χ3v) is 6.80. The first kappa shape index (κ1) is 22.1. The van der Waals surface area contributed by atoms with E-state index < -0.39 is 21.4 Å². The molecule has 0 saturated carbocycles. The number of halogens is 3. The fourth-order valence-electron chi connectivity index (χ4n) is 1.91. The van der Waals surface area contributed by atoms with Crippen LogP contribution in [0, 0.1) is 0 Å². The predicted octanol–water partition coefficient (Wildman–Crippen LogP) is 4.15. The van der Waals surface area contributed by atoms with E-state index in [0.717, 1.165) is 17.8 Å². The van der Waals surface area contributed by atoms with Gasteiger partial charge in [-0.15, -0.1) is 11.8 Å². The Morgan fingerprint density at radius 1 is 1.11 bits per heavy atom. The van der Waals surface area contributed by atoms with Crippen LogP contribution in [-0.4, -0.2) is 37.2 Å². The van der Waals surface area contributed by atoms with Crippen molar-refractivity contribution in [2.45, 2.75) is 10.3 Å². The van der Waals surface area contributed by atoms with E-state index >= 15 is 0 Å². The van der Waals surface area contributed by atoms with Gasteiger partial charge in [0.25, 0.3) is 0 Å². The van der Waals surface area contributed by atoms with Crippen LogP contribution in [0.3, 0.4) is 0 Å². The first-order valence-electron chi connectivity index (χ1n) is 7.41. The van der Waals surface area contributed by atoms with E-state index in [1.165, 1.54) is 6.07 Å². The minimum absolute atomic E-state index is 0.0362. The highest BCUT2D eigenvalue weighted by molar-refractivity contribution is 8.00. The lowest BCUT2D eigenvalue weighted by molar-refractivity contribution is -0.140. The minimum Gasteiger partial charge on any atom is -0.478 e. The first-order chi connectivity index (χ1) is 12.7. The number of nitrogens with one attached hydrogen (secondary N) is 1. The number of thioether (sulfide) groups is 1. The van der Waals surface area contributed by atoms with Crippen molar-refractivity contribution in [2.24, 2.45) is 0 Å². The van der Waals surface area contributed by atoms with Gasteiger partial charge in [0.1, 0.15) is 10.6 Å². The average Bonchev–Trinajstić information content (AvgIpc) is 2.61. The zero-order valence-electron chi connectivity index (χ0n) is 13.6. The molecule has 0 heterocycles. The molecule has 1 unspecified atom stereocenters. The molecule has 0 fully saturated rings. The summed E-state index contributed by atoms with van der Waals surface area (Å²) in [6.45, 7) is -0.0362. The molecule has 2 N–H and O–H groups in total. The third kappa shape index (κ3) is 6.44. The van der Waals surface area contributed by atoms with Crippen molar-refractivity contribution in [1.82, 2.24) is 4.72 Å². The molecular weight excluding hydrogens is 457 g/mol. The Hall–Kier alpha value is -1.16. The second kappa shape index (κ2) is 9.86. The number of carboxylic acids is 1. The summed E-state index contributed by atoms with van der Waals surface area (Å²) in [5, 5.41) is 9.36. The average molecular weight is 471 g/mol. The Morgan fingerprint density at radius 3 is 2.37 bits per heavy atom. The van der Waals surface area contributed by atoms with E-state index in [0.29, 0.717) is 5.75 Å². The van der Waals surface area contributed by atoms with Crippen LogP contribution < -0.4 is 9.46 Å². The van der Waals surface area contributed by atoms with Gasteiger partial charge in [0.05, 0.1) is 15.1 Å². The van der Waals surface area contributed by atoms with Crippen molar-refractivity contribution in [3.05, 3.63) is 57.5 Å². The van der Waals surface area contributed by atoms with Crippen LogP contribution in [0.15, 0.2) is 47.4 Å². The minimum atomic E-state index is -3.93. The Balaban J connectivity index is 1.94. The molecular formula is C16H14Cl3NO5S2. The van der Waals surface area contributed by atoms with Crippen molar-refractivity contribution >= 4 is 62.6 Å². The normalized spacial score (nSPS) is 12.6. The fraction of sp³-hybridized carbons (Fsp3) is 0.188. The molecule has 6 nitrogen and oxygen atoms in total. The molecule has 0 aliphatic heterocycles. The topological polar surface area (TPSA) is 92.7 Å². The summed E-state index contributed by atoms with van der Waals surface area (Å²) < 4.78 is 32.4. The number of benzene rings is 2. The lowest BCUT2D eigenvalue weighted by atomic mass is 10.3. The summed E-state index contributed by atoms with van der Waals surface area (Å²) >= 11 is 18.5. The monoisotopic (exact) mass is 469 g/mol. The van der Waals surface area contributed by atoms with E-state index in [-0.39, 0.29) is 32.3 Å². The van der Waals surface area contributed by atoms with Gasteiger partial charge < -0.3 is 9.84 Å². The standard InChI is InChI=1S/C16H14Cl3NO5S2/c17-11-8-13(19)14(9-12(11)18)27(23,24)20-6-7-26-16(15(21)22)25-10-4-2-1-3-5-10/h1-5,8-9,16,20H,6-7H2,(H,21,22). The van der Waals surface area contributed by atoms with Crippen LogP contribution in [0.4, 0.5) is 0 Å². The van der Waals surface area contributed by atoms with Gasteiger partial charge in [0, 0.05) is 12.3 Å². The summed E-state index contributed by atoms with van der Waals surface area (Å²) in [6, 6.07) is 10.9. The Kier molecular flexibility index (Phi) is 8.08. The maximum atomic E-state index is 12.3. The van der Waals surface area contributed by atoms with Gasteiger partial charge in [-0.2, -0.15) is 0 Å². The van der Waals surface area contributed by atoms with Crippen LogP contribution in [0.5, 0.6) is 5.75 Å². The highest BCUT2D eigenvalue weighted by Crippen LogP contribution is 2.31. The molecule has 2 aromatic carbocycles. The largest absolute Gasteiger partial charge is 0.478 e. The molecule has 2 rings (SSSR count). The maximum Gasteiger partial charge on any atom is 0.355 e. The number of sulfonamides is 1. The molecule has 27 heavy (non-hydrogen) atoms. The molecule has 0 spiro atoms. The highest BCUT2D eigenvalue weighted by atomic mass is 35.5. The Morgan fingerprint density at radius 2 is 1.74 bits per heavy atom. The number of rotatable bonds is 9. The molecule has 146 valence electrons. The van der Waals surface area contributed by atoms with Gasteiger partial charge in [-0.25, -0.2) is 17.9 Å². The van der Waals surface area contributed by atoms with Crippen molar-refractivity contribution in [1.29, 1.82) is 0 Å². The number of hydrogen-bond donors (Lipinski definition) is 2. The van der Waals surface area contributed by atoms with Crippen LogP contribution in [0.25, 0.3) is 0 Å². The van der Waals surface area contributed by atoms with Gasteiger partial charge in [-0.3, -0.25) is 0 Å². The summed E-state index contributed by atoms with van der Waals surface area (Å²) in [5.41, 5.74) is -1.18. The summed E-state index contributed by atoms with van der Waals surface area (Å²) in [6.07, 6.45) is 0. The zero-order valence-corrected chi connectivity index (χ0v) is 17.5. The van der Waals surface area contributed by atoms with E-state index in [4.69, 9.17) is 39.5 Å². The van der Waals surface area contributed by atoms with E-state index in [1.54, 1.807) is 30.3 Å². The van der Waals surface area contributed by atoms with Crippen LogP contribution in [0.2, 0.25) is 15.1 Å². The first-order valence-corrected chi connectivity index (χ1v) is 11.1. The van der Waals surface area contributed by atoms with Crippen LogP contribution in [-0.2, 0) is 14.8 Å². The number of aliphatic carboxylic acids is 1. The number of hydrogen-bond acceptors (Lipinski definition) is 5. The fourth-order valence-corrected chi connectivity index (χ4v) is 4.82. The predicted molar refractivity (Wildman–Crippen MR) is 108 cm³/mol. The van der Waals surface area contributed by atoms with E-state index in [1.807, 2.05) is 0 Å². The highest BCUT2D eigenvalue weighted by Gasteiger charge is 2.22. The van der Waals surface area contributed by atoms with Gasteiger partial charge in [0.2, 0.25) is 15.5 Å². The molecule has 0 aliphatic rings. The summed E-state index contributed by atoms with van der Waals surface area (Å²) in [7, 11) is -3.93. The number of carbonyl (C=O) groups is 1. The van der Waals surface area contributed by atoms with Crippen molar-refractivity contribution in [3.8, 4) is 5.75 Å². The molecule has 2 aromatic rings. The van der Waals surface area contributed by atoms with Crippen molar-refractivity contribution in [3.63, 3.8) is 0 Å². The zero-order chi connectivity index (χ0) is 20.0. The van der Waals surface area contributed by atoms with Gasteiger partial charge in [0.15, 0.2) is 0 Å². The van der Waals surface area contributed by atoms with Crippen LogP contribution in [0.1, 0.15) is 0 Å². The number of carboxylic acid groups (broad SMARTS) is 1. The molecule has 0 aliphatic carbocycles. The quantitative estimate of drug-likeness (QED) is 0.325. The maximum absolute atomic E-state index is 12.3.